The first-order valence-corrected chi connectivity index (χ1v) is 11.4. The summed E-state index contributed by atoms with van der Waals surface area (Å²) in [5.41, 5.74) is 0. The third-order valence-electron chi connectivity index (χ3n) is 4.20. The van der Waals surface area contributed by atoms with Gasteiger partial charge < -0.3 is 41.7 Å². The molecular formula is C24H38AlClO8. The summed E-state index contributed by atoms with van der Waals surface area (Å²) < 4.78 is 9.56. The van der Waals surface area contributed by atoms with Crippen LogP contribution < -0.4 is 22.6 Å². The number of carbonyl (C=O) groups is 4. The Balaban J connectivity index is -0.000000250. The number of ether oxygens (including phenoxy) is 2. The molecule has 0 radical (unpaired) electrons. The van der Waals surface area contributed by atoms with Crippen LogP contribution in [0.1, 0.15) is 90.9 Å². The average Bonchev–Trinajstić information content (AvgIpc) is 2.75. The van der Waals surface area contributed by atoms with Crippen molar-refractivity contribution in [2.24, 2.45) is 0 Å². The topological polar surface area (TPSA) is 133 Å². The van der Waals surface area contributed by atoms with Gasteiger partial charge in [-0.15, -0.1) is 0 Å². The van der Waals surface area contributed by atoms with E-state index in [1.54, 1.807) is 0 Å². The van der Waals surface area contributed by atoms with Crippen molar-refractivity contribution in [1.29, 1.82) is 0 Å². The van der Waals surface area contributed by atoms with Crippen LogP contribution in [-0.4, -0.2) is 54.5 Å². The number of rotatable bonds is 18. The molecule has 0 aliphatic carbocycles. The molecule has 0 amide bonds. The molecule has 0 aliphatic rings. The molecule has 0 aromatic heterocycles. The summed E-state index contributed by atoms with van der Waals surface area (Å²) in [6, 6.07) is 0. The molecular weight excluding hydrogens is 479 g/mol. The first-order chi connectivity index (χ1) is 15.3. The Hall–Kier alpha value is -1.82. The zero-order valence-corrected chi connectivity index (χ0v) is 22.3. The zero-order chi connectivity index (χ0) is 24.5. The molecule has 0 saturated heterocycles. The van der Waals surface area contributed by atoms with E-state index >= 15 is 0 Å². The SMILES string of the molecule is CCCCCCCCOC(=O)/C=C/C(=O)[O-].CCCCCCCCOC(=O)/C=C/C(=O)[O-].[Al+3].[Cl-]. The van der Waals surface area contributed by atoms with E-state index in [0.29, 0.717) is 25.4 Å². The van der Waals surface area contributed by atoms with E-state index in [9.17, 15) is 29.4 Å². The Morgan fingerprint density at radius 1 is 0.559 bits per heavy atom. The molecule has 34 heavy (non-hydrogen) atoms. The quantitative estimate of drug-likeness (QED) is 0.0982. The molecule has 0 rings (SSSR count). The fraction of sp³-hybridized carbons (Fsp3) is 0.667. The molecule has 0 bridgehead atoms. The molecule has 192 valence electrons. The summed E-state index contributed by atoms with van der Waals surface area (Å²) in [6.45, 7) is 5.02. The minimum absolute atomic E-state index is 0. The second-order valence-corrected chi connectivity index (χ2v) is 7.18. The molecule has 0 aromatic rings. The Labute approximate surface area is 220 Å². The summed E-state index contributed by atoms with van der Waals surface area (Å²) in [4.78, 5) is 41.7. The smallest absolute Gasteiger partial charge is 1.00 e. The van der Waals surface area contributed by atoms with Crippen molar-refractivity contribution in [3.63, 3.8) is 0 Å². The van der Waals surface area contributed by atoms with E-state index in [-0.39, 0.29) is 29.8 Å². The summed E-state index contributed by atoms with van der Waals surface area (Å²) in [6.07, 6.45) is 16.5. The van der Waals surface area contributed by atoms with Crippen molar-refractivity contribution in [3.05, 3.63) is 24.3 Å². The number of carboxylic acids is 2. The van der Waals surface area contributed by atoms with Crippen LogP contribution in [-0.2, 0) is 28.7 Å². The van der Waals surface area contributed by atoms with Crippen molar-refractivity contribution in [2.45, 2.75) is 90.9 Å². The predicted octanol–water partition coefficient (Wildman–Crippen LogP) is -0.984. The van der Waals surface area contributed by atoms with Crippen LogP contribution in [0.5, 0.6) is 0 Å². The Morgan fingerprint density at radius 2 is 0.853 bits per heavy atom. The fourth-order valence-corrected chi connectivity index (χ4v) is 2.48. The number of halogens is 1. The zero-order valence-electron chi connectivity index (χ0n) is 20.4. The molecule has 0 N–H and O–H groups in total. The van der Waals surface area contributed by atoms with Gasteiger partial charge >= 0.3 is 29.3 Å². The van der Waals surface area contributed by atoms with Gasteiger partial charge in [0.05, 0.1) is 25.2 Å². The molecule has 0 heterocycles. The number of hydrogen-bond acceptors (Lipinski definition) is 8. The summed E-state index contributed by atoms with van der Waals surface area (Å²) >= 11 is 0. The number of aliphatic carboxylic acids is 2. The predicted molar refractivity (Wildman–Crippen MR) is 123 cm³/mol. The largest absolute Gasteiger partial charge is 3.00 e. The van der Waals surface area contributed by atoms with Crippen LogP contribution in [0.15, 0.2) is 24.3 Å². The number of carbonyl (C=O) groups excluding carboxylic acids is 4. The van der Waals surface area contributed by atoms with Gasteiger partial charge in [0.1, 0.15) is 0 Å². The molecule has 0 aliphatic heterocycles. The third-order valence-corrected chi connectivity index (χ3v) is 4.20. The van der Waals surface area contributed by atoms with Crippen molar-refractivity contribution in [2.75, 3.05) is 13.2 Å². The number of hydrogen-bond donors (Lipinski definition) is 0. The Bertz CT molecular complexity index is 529. The van der Waals surface area contributed by atoms with Crippen LogP contribution >= 0.6 is 0 Å². The van der Waals surface area contributed by atoms with Crippen LogP contribution in [0.4, 0.5) is 0 Å². The molecule has 10 heteroatoms. The minimum atomic E-state index is -1.39. The molecule has 0 fully saturated rings. The maximum atomic E-state index is 10.9. The number of carboxylic acid groups (broad SMARTS) is 2. The van der Waals surface area contributed by atoms with Crippen molar-refractivity contribution >= 4 is 41.2 Å². The van der Waals surface area contributed by atoms with E-state index in [0.717, 1.165) is 50.7 Å². The normalized spacial score (nSPS) is 9.94. The van der Waals surface area contributed by atoms with Crippen molar-refractivity contribution in [1.82, 2.24) is 0 Å². The van der Waals surface area contributed by atoms with Gasteiger partial charge in [0, 0.05) is 12.2 Å². The summed E-state index contributed by atoms with van der Waals surface area (Å²) in [5, 5.41) is 19.9. The fourth-order valence-electron chi connectivity index (χ4n) is 2.48. The molecule has 0 atom stereocenters. The first kappa shape index (κ1) is 39.4. The summed E-state index contributed by atoms with van der Waals surface area (Å²) in [7, 11) is 0. The van der Waals surface area contributed by atoms with Gasteiger partial charge in [-0.1, -0.05) is 78.1 Å². The molecule has 0 saturated carbocycles. The van der Waals surface area contributed by atoms with Crippen LogP contribution in [0, 0.1) is 0 Å². The molecule has 0 spiro atoms. The average molecular weight is 517 g/mol. The first-order valence-electron chi connectivity index (χ1n) is 11.4. The van der Waals surface area contributed by atoms with Gasteiger partial charge in [0.15, 0.2) is 0 Å². The number of unbranched alkanes of at least 4 members (excludes halogenated alkanes) is 10. The van der Waals surface area contributed by atoms with Crippen molar-refractivity contribution in [3.8, 4) is 0 Å². The van der Waals surface area contributed by atoms with E-state index in [2.05, 4.69) is 13.8 Å². The molecule has 0 aromatic carbocycles. The van der Waals surface area contributed by atoms with E-state index in [4.69, 9.17) is 9.47 Å². The monoisotopic (exact) mass is 516 g/mol. The minimum Gasteiger partial charge on any atom is -1.00 e. The van der Waals surface area contributed by atoms with Gasteiger partial charge in [0.2, 0.25) is 0 Å². The second-order valence-electron chi connectivity index (χ2n) is 7.18. The van der Waals surface area contributed by atoms with E-state index < -0.39 is 23.9 Å². The van der Waals surface area contributed by atoms with Crippen LogP contribution in [0.3, 0.4) is 0 Å². The number of esters is 2. The summed E-state index contributed by atoms with van der Waals surface area (Å²) in [5.74, 6) is -4.04. The van der Waals surface area contributed by atoms with Crippen LogP contribution in [0.2, 0.25) is 0 Å². The van der Waals surface area contributed by atoms with Gasteiger partial charge in [-0.2, -0.15) is 0 Å². The standard InChI is InChI=1S/2C12H20O4.Al.ClH/c2*1-2-3-4-5-6-7-10-16-12(15)9-8-11(13)14;;/h2*8-9H,2-7,10H2,1H3,(H,13,14);;1H/q;;+3;/p-3/b2*9-8+;;. The second kappa shape index (κ2) is 31.2. The Morgan fingerprint density at radius 3 is 1.15 bits per heavy atom. The van der Waals surface area contributed by atoms with Gasteiger partial charge in [-0.05, 0) is 25.0 Å². The van der Waals surface area contributed by atoms with Gasteiger partial charge in [-0.3, -0.25) is 0 Å². The maximum Gasteiger partial charge on any atom is 3.00 e. The van der Waals surface area contributed by atoms with Gasteiger partial charge in [0.25, 0.3) is 0 Å². The maximum absolute atomic E-state index is 10.9. The van der Waals surface area contributed by atoms with Gasteiger partial charge in [-0.25, -0.2) is 9.59 Å². The van der Waals surface area contributed by atoms with E-state index in [1.807, 2.05) is 0 Å². The van der Waals surface area contributed by atoms with Crippen molar-refractivity contribution < 1.29 is 51.3 Å². The van der Waals surface area contributed by atoms with Crippen LogP contribution in [0.25, 0.3) is 0 Å². The molecule has 0 unspecified atom stereocenters. The third kappa shape index (κ3) is 37.5. The molecule has 8 nitrogen and oxygen atoms in total. The van der Waals surface area contributed by atoms with E-state index in [1.165, 1.54) is 38.5 Å². The Kier molecular flexibility index (Phi) is 36.1.